The van der Waals surface area contributed by atoms with Crippen molar-refractivity contribution in [2.24, 2.45) is 0 Å². The molecular formula is C23H23N5O. The first-order valence-corrected chi connectivity index (χ1v) is 9.95. The molecule has 0 aliphatic carbocycles. The molecule has 0 bridgehead atoms. The number of carbonyl (C=O) groups is 1. The van der Waals surface area contributed by atoms with Crippen LogP contribution in [0.3, 0.4) is 0 Å². The maximum Gasteiger partial charge on any atom is 0.253 e. The zero-order chi connectivity index (χ0) is 19.6. The summed E-state index contributed by atoms with van der Waals surface area (Å²) in [6.07, 6.45) is 4.00. The minimum atomic E-state index is 0.104. The van der Waals surface area contributed by atoms with Gasteiger partial charge in [0.1, 0.15) is 5.82 Å². The van der Waals surface area contributed by atoms with Crippen LogP contribution in [0.4, 0.5) is 0 Å². The SMILES string of the molecule is O=C(c1ccc(-n2cccc2)cc1)N1CCN(Cc2nc3ccccc3[nH]2)CC1. The molecular weight excluding hydrogens is 362 g/mol. The lowest BCUT2D eigenvalue weighted by Crippen LogP contribution is -2.48. The molecule has 146 valence electrons. The van der Waals surface area contributed by atoms with E-state index in [2.05, 4.69) is 14.9 Å². The van der Waals surface area contributed by atoms with Gasteiger partial charge in [-0.2, -0.15) is 0 Å². The summed E-state index contributed by atoms with van der Waals surface area (Å²) >= 11 is 0. The number of hydrogen-bond donors (Lipinski definition) is 1. The fourth-order valence-corrected chi connectivity index (χ4v) is 3.87. The van der Waals surface area contributed by atoms with Crippen LogP contribution < -0.4 is 0 Å². The molecule has 1 aliphatic rings. The number of imidazole rings is 1. The van der Waals surface area contributed by atoms with Crippen LogP contribution in [0.15, 0.2) is 73.1 Å². The van der Waals surface area contributed by atoms with Gasteiger partial charge in [-0.05, 0) is 48.5 Å². The van der Waals surface area contributed by atoms with E-state index in [-0.39, 0.29) is 5.91 Å². The third kappa shape index (κ3) is 3.67. The van der Waals surface area contributed by atoms with E-state index < -0.39 is 0 Å². The predicted octanol–water partition coefficient (Wildman–Crippen LogP) is 3.31. The van der Waals surface area contributed by atoms with Crippen LogP contribution in [0.25, 0.3) is 16.7 Å². The number of benzene rings is 2. The number of carbonyl (C=O) groups excluding carboxylic acids is 1. The van der Waals surface area contributed by atoms with Crippen LogP contribution in [0.2, 0.25) is 0 Å². The summed E-state index contributed by atoms with van der Waals surface area (Å²) < 4.78 is 2.03. The predicted molar refractivity (Wildman–Crippen MR) is 113 cm³/mol. The first-order valence-electron chi connectivity index (χ1n) is 9.95. The van der Waals surface area contributed by atoms with E-state index >= 15 is 0 Å². The van der Waals surface area contributed by atoms with Crippen molar-refractivity contribution in [2.45, 2.75) is 6.54 Å². The van der Waals surface area contributed by atoms with Crippen molar-refractivity contribution in [1.29, 1.82) is 0 Å². The number of amides is 1. The maximum atomic E-state index is 12.9. The van der Waals surface area contributed by atoms with Crippen LogP contribution in [0.1, 0.15) is 16.2 Å². The number of nitrogens with one attached hydrogen (secondary N) is 1. The summed E-state index contributed by atoms with van der Waals surface area (Å²) in [6.45, 7) is 3.95. The first kappa shape index (κ1) is 17.7. The summed E-state index contributed by atoms with van der Waals surface area (Å²) in [7, 11) is 0. The Morgan fingerprint density at radius 3 is 2.34 bits per heavy atom. The van der Waals surface area contributed by atoms with Crippen LogP contribution in [-0.2, 0) is 6.54 Å². The third-order valence-corrected chi connectivity index (χ3v) is 5.49. The van der Waals surface area contributed by atoms with Crippen molar-refractivity contribution < 1.29 is 4.79 Å². The van der Waals surface area contributed by atoms with Gasteiger partial charge >= 0.3 is 0 Å². The van der Waals surface area contributed by atoms with Gasteiger partial charge in [0.25, 0.3) is 5.91 Å². The Hall–Kier alpha value is -3.38. The lowest BCUT2D eigenvalue weighted by molar-refractivity contribution is 0.0626. The van der Waals surface area contributed by atoms with Gasteiger partial charge in [0.2, 0.25) is 0 Å². The molecule has 4 aromatic rings. The highest BCUT2D eigenvalue weighted by Crippen LogP contribution is 2.15. The molecule has 2 aromatic carbocycles. The second-order valence-corrected chi connectivity index (χ2v) is 7.41. The molecule has 0 atom stereocenters. The molecule has 1 aliphatic heterocycles. The van der Waals surface area contributed by atoms with E-state index in [1.165, 1.54) is 0 Å². The Morgan fingerprint density at radius 2 is 1.62 bits per heavy atom. The summed E-state index contributed by atoms with van der Waals surface area (Å²) in [5.74, 6) is 1.08. The number of fused-ring (bicyclic) bond motifs is 1. The highest BCUT2D eigenvalue weighted by Gasteiger charge is 2.22. The van der Waals surface area contributed by atoms with Gasteiger partial charge in [0.15, 0.2) is 0 Å². The molecule has 3 heterocycles. The standard InChI is InChI=1S/C23H23N5O/c29-23(18-7-9-19(10-8-18)27-11-3-4-12-27)28-15-13-26(14-16-28)17-22-24-20-5-1-2-6-21(20)25-22/h1-12H,13-17H2,(H,24,25). The molecule has 6 nitrogen and oxygen atoms in total. The number of aromatic amines is 1. The number of para-hydroxylation sites is 2. The molecule has 0 unspecified atom stereocenters. The normalized spacial score (nSPS) is 15.1. The maximum absolute atomic E-state index is 12.9. The van der Waals surface area contributed by atoms with Gasteiger partial charge in [-0.3, -0.25) is 9.69 Å². The lowest BCUT2D eigenvalue weighted by Gasteiger charge is -2.34. The largest absolute Gasteiger partial charge is 0.341 e. The smallest absolute Gasteiger partial charge is 0.253 e. The molecule has 1 saturated heterocycles. The number of nitrogens with zero attached hydrogens (tertiary/aromatic N) is 4. The molecule has 0 saturated carbocycles. The van der Waals surface area contributed by atoms with E-state index in [0.29, 0.717) is 0 Å². The number of rotatable bonds is 4. The van der Waals surface area contributed by atoms with Gasteiger partial charge in [-0.1, -0.05) is 12.1 Å². The first-order chi connectivity index (χ1) is 14.3. The van der Waals surface area contributed by atoms with Crippen LogP contribution in [0, 0.1) is 0 Å². The summed E-state index contributed by atoms with van der Waals surface area (Å²) in [4.78, 5) is 25.2. The van der Waals surface area contributed by atoms with E-state index in [9.17, 15) is 4.79 Å². The Morgan fingerprint density at radius 1 is 0.897 bits per heavy atom. The van der Waals surface area contributed by atoms with Crippen molar-refractivity contribution in [3.8, 4) is 5.69 Å². The van der Waals surface area contributed by atoms with Gasteiger partial charge in [0.05, 0.1) is 17.6 Å². The molecule has 2 aromatic heterocycles. The number of H-pyrrole nitrogens is 1. The molecule has 0 radical (unpaired) electrons. The van der Waals surface area contributed by atoms with Gasteiger partial charge in [-0.25, -0.2) is 4.98 Å². The van der Waals surface area contributed by atoms with E-state index in [1.54, 1.807) is 0 Å². The minimum absolute atomic E-state index is 0.104. The molecule has 0 spiro atoms. The van der Waals surface area contributed by atoms with E-state index in [1.807, 2.05) is 82.5 Å². The lowest BCUT2D eigenvalue weighted by atomic mass is 10.1. The van der Waals surface area contributed by atoms with Crippen molar-refractivity contribution in [2.75, 3.05) is 26.2 Å². The van der Waals surface area contributed by atoms with Crippen LogP contribution in [0.5, 0.6) is 0 Å². The average Bonchev–Trinajstić information content (AvgIpc) is 3.43. The summed E-state index contributed by atoms with van der Waals surface area (Å²) in [6, 6.07) is 19.9. The van der Waals surface area contributed by atoms with Crippen molar-refractivity contribution in [1.82, 2.24) is 24.3 Å². The Bertz CT molecular complexity index is 1070. The molecule has 5 rings (SSSR count). The van der Waals surface area contributed by atoms with E-state index in [0.717, 1.165) is 60.8 Å². The number of piperazine rings is 1. The quantitative estimate of drug-likeness (QED) is 0.586. The fraction of sp³-hybridized carbons (Fsp3) is 0.217. The Balaban J connectivity index is 1.19. The van der Waals surface area contributed by atoms with Gasteiger partial charge < -0.3 is 14.5 Å². The topological polar surface area (TPSA) is 57.2 Å². The molecule has 6 heteroatoms. The minimum Gasteiger partial charge on any atom is -0.341 e. The van der Waals surface area contributed by atoms with Crippen molar-refractivity contribution >= 4 is 16.9 Å². The zero-order valence-electron chi connectivity index (χ0n) is 16.2. The monoisotopic (exact) mass is 385 g/mol. The zero-order valence-corrected chi connectivity index (χ0v) is 16.2. The fourth-order valence-electron chi connectivity index (χ4n) is 3.87. The molecule has 1 amide bonds. The second-order valence-electron chi connectivity index (χ2n) is 7.41. The second kappa shape index (κ2) is 7.56. The van der Waals surface area contributed by atoms with E-state index in [4.69, 9.17) is 0 Å². The highest BCUT2D eigenvalue weighted by atomic mass is 16.2. The third-order valence-electron chi connectivity index (χ3n) is 5.49. The van der Waals surface area contributed by atoms with Crippen molar-refractivity contribution in [3.63, 3.8) is 0 Å². The number of hydrogen-bond acceptors (Lipinski definition) is 3. The van der Waals surface area contributed by atoms with Crippen LogP contribution in [-0.4, -0.2) is 56.4 Å². The summed E-state index contributed by atoms with van der Waals surface area (Å²) in [5.41, 5.74) is 3.87. The van der Waals surface area contributed by atoms with Crippen molar-refractivity contribution in [3.05, 3.63) is 84.4 Å². The van der Waals surface area contributed by atoms with Gasteiger partial charge in [0, 0.05) is 49.8 Å². The number of aromatic nitrogens is 3. The highest BCUT2D eigenvalue weighted by molar-refractivity contribution is 5.94. The average molecular weight is 385 g/mol. The Labute approximate surface area is 169 Å². The molecule has 1 fully saturated rings. The molecule has 29 heavy (non-hydrogen) atoms. The Kier molecular flexibility index (Phi) is 4.62. The molecule has 1 N–H and O–H groups in total. The van der Waals surface area contributed by atoms with Gasteiger partial charge in [-0.15, -0.1) is 0 Å². The summed E-state index contributed by atoms with van der Waals surface area (Å²) in [5, 5.41) is 0. The van der Waals surface area contributed by atoms with Crippen LogP contribution >= 0.6 is 0 Å².